The number of aromatic nitrogens is 1. The molecule has 3 nitrogen and oxygen atoms in total. The van der Waals surface area contributed by atoms with Crippen LogP contribution in [0.1, 0.15) is 52.5 Å². The number of nitrogens with zero attached hydrogens (tertiary/aromatic N) is 1. The van der Waals surface area contributed by atoms with Crippen LogP contribution in [0.4, 0.5) is 0 Å². The number of hydrogen-bond donors (Lipinski definition) is 0. The molecular formula is C18H24BNO2S. The first-order chi connectivity index (χ1) is 10.7. The molecule has 0 aliphatic carbocycles. The SMILES string of the molecule is CC(C)c1ncc(-c2ccc(B3OC(C)(C)C(C)(C)O3)cc2)s1. The van der Waals surface area contributed by atoms with Crippen molar-refractivity contribution in [3.63, 3.8) is 0 Å². The highest BCUT2D eigenvalue weighted by atomic mass is 32.1. The maximum absolute atomic E-state index is 6.10. The minimum absolute atomic E-state index is 0.304. The lowest BCUT2D eigenvalue weighted by Gasteiger charge is -2.32. The average Bonchev–Trinajstić information content (AvgIpc) is 3.03. The van der Waals surface area contributed by atoms with Gasteiger partial charge < -0.3 is 9.31 Å². The van der Waals surface area contributed by atoms with E-state index in [1.54, 1.807) is 11.3 Å². The van der Waals surface area contributed by atoms with Crippen LogP contribution in [0.25, 0.3) is 10.4 Å². The molecular weight excluding hydrogens is 305 g/mol. The molecule has 1 saturated heterocycles. The maximum atomic E-state index is 6.10. The molecule has 1 aromatic heterocycles. The molecule has 0 amide bonds. The van der Waals surface area contributed by atoms with Gasteiger partial charge in [-0.05, 0) is 38.7 Å². The Hall–Kier alpha value is -1.17. The minimum atomic E-state index is -0.305. The predicted octanol–water partition coefficient (Wildman–Crippen LogP) is 4.23. The van der Waals surface area contributed by atoms with Gasteiger partial charge in [0, 0.05) is 12.1 Å². The van der Waals surface area contributed by atoms with Gasteiger partial charge in [0.2, 0.25) is 0 Å². The van der Waals surface area contributed by atoms with Crippen LogP contribution < -0.4 is 5.46 Å². The van der Waals surface area contributed by atoms with E-state index in [1.807, 2.05) is 6.20 Å². The summed E-state index contributed by atoms with van der Waals surface area (Å²) in [5.41, 5.74) is 1.64. The molecule has 2 heterocycles. The van der Waals surface area contributed by atoms with Gasteiger partial charge in [-0.2, -0.15) is 0 Å². The molecule has 0 bridgehead atoms. The Morgan fingerprint density at radius 2 is 1.57 bits per heavy atom. The smallest absolute Gasteiger partial charge is 0.399 e. The summed E-state index contributed by atoms with van der Waals surface area (Å²) in [6.07, 6.45) is 1.96. The van der Waals surface area contributed by atoms with E-state index >= 15 is 0 Å². The van der Waals surface area contributed by atoms with Crippen molar-refractivity contribution in [1.29, 1.82) is 0 Å². The van der Waals surface area contributed by atoms with Crippen LogP contribution in [0.15, 0.2) is 30.5 Å². The summed E-state index contributed by atoms with van der Waals surface area (Å²) in [7, 11) is -0.304. The van der Waals surface area contributed by atoms with E-state index in [0.29, 0.717) is 5.92 Å². The summed E-state index contributed by atoms with van der Waals surface area (Å²) >= 11 is 1.76. The molecule has 1 aromatic carbocycles. The van der Waals surface area contributed by atoms with Crippen LogP contribution in [-0.2, 0) is 9.31 Å². The van der Waals surface area contributed by atoms with Crippen LogP contribution in [0.2, 0.25) is 0 Å². The monoisotopic (exact) mass is 329 g/mol. The fraction of sp³-hybridized carbons (Fsp3) is 0.500. The van der Waals surface area contributed by atoms with Crippen LogP contribution in [0.5, 0.6) is 0 Å². The third-order valence-electron chi connectivity index (χ3n) is 4.74. The molecule has 2 aromatic rings. The van der Waals surface area contributed by atoms with E-state index in [0.717, 1.165) is 5.46 Å². The van der Waals surface area contributed by atoms with Gasteiger partial charge in [-0.25, -0.2) is 4.98 Å². The fourth-order valence-corrected chi connectivity index (χ4v) is 3.40. The van der Waals surface area contributed by atoms with Gasteiger partial charge in [-0.1, -0.05) is 38.1 Å². The van der Waals surface area contributed by atoms with Crippen molar-refractivity contribution in [2.45, 2.75) is 58.7 Å². The first-order valence-corrected chi connectivity index (χ1v) is 8.93. The van der Waals surface area contributed by atoms with Crippen LogP contribution in [-0.4, -0.2) is 23.3 Å². The van der Waals surface area contributed by atoms with E-state index in [1.165, 1.54) is 15.4 Å². The molecule has 0 N–H and O–H groups in total. The summed E-state index contributed by atoms with van der Waals surface area (Å²) in [4.78, 5) is 5.70. The molecule has 23 heavy (non-hydrogen) atoms. The lowest BCUT2D eigenvalue weighted by molar-refractivity contribution is 0.00578. The lowest BCUT2D eigenvalue weighted by atomic mass is 9.79. The number of rotatable bonds is 3. The van der Waals surface area contributed by atoms with Crippen LogP contribution >= 0.6 is 11.3 Å². The molecule has 0 saturated carbocycles. The molecule has 0 atom stereocenters. The van der Waals surface area contributed by atoms with Crippen LogP contribution in [0.3, 0.4) is 0 Å². The standard InChI is InChI=1S/C18H24BNO2S/c1-12(2)16-20-11-15(23-16)13-7-9-14(10-8-13)19-21-17(3,4)18(5,6)22-19/h7-12H,1-6H3. The lowest BCUT2D eigenvalue weighted by Crippen LogP contribution is -2.41. The molecule has 3 rings (SSSR count). The topological polar surface area (TPSA) is 31.4 Å². The predicted molar refractivity (Wildman–Crippen MR) is 97.4 cm³/mol. The van der Waals surface area contributed by atoms with Gasteiger partial charge in [0.05, 0.1) is 21.1 Å². The van der Waals surface area contributed by atoms with E-state index in [2.05, 4.69) is 70.8 Å². The highest BCUT2D eigenvalue weighted by molar-refractivity contribution is 7.15. The molecule has 0 unspecified atom stereocenters. The second-order valence-corrected chi connectivity index (χ2v) is 8.49. The van der Waals surface area contributed by atoms with Crippen molar-refractivity contribution in [3.8, 4) is 10.4 Å². The molecule has 122 valence electrons. The molecule has 5 heteroatoms. The second-order valence-electron chi connectivity index (χ2n) is 7.43. The van der Waals surface area contributed by atoms with Gasteiger partial charge in [-0.15, -0.1) is 11.3 Å². The van der Waals surface area contributed by atoms with Crippen molar-refractivity contribution in [2.24, 2.45) is 0 Å². The highest BCUT2D eigenvalue weighted by Gasteiger charge is 2.51. The highest BCUT2D eigenvalue weighted by Crippen LogP contribution is 2.36. The van der Waals surface area contributed by atoms with E-state index in [4.69, 9.17) is 9.31 Å². The number of hydrogen-bond acceptors (Lipinski definition) is 4. The van der Waals surface area contributed by atoms with Gasteiger partial charge in [-0.3, -0.25) is 0 Å². The Morgan fingerprint density at radius 1 is 1.00 bits per heavy atom. The van der Waals surface area contributed by atoms with Gasteiger partial charge >= 0.3 is 7.12 Å². The molecule has 0 spiro atoms. The first kappa shape index (κ1) is 16.7. The number of thiazole rings is 1. The Balaban J connectivity index is 1.80. The Labute approximate surface area is 143 Å². The normalized spacial score (nSPS) is 19.5. The summed E-state index contributed by atoms with van der Waals surface area (Å²) in [5.74, 6) is 0.470. The Morgan fingerprint density at radius 3 is 2.04 bits per heavy atom. The van der Waals surface area contributed by atoms with Crippen molar-refractivity contribution < 1.29 is 9.31 Å². The average molecular weight is 329 g/mol. The van der Waals surface area contributed by atoms with E-state index in [-0.39, 0.29) is 18.3 Å². The van der Waals surface area contributed by atoms with E-state index < -0.39 is 0 Å². The van der Waals surface area contributed by atoms with Crippen molar-refractivity contribution in [3.05, 3.63) is 35.5 Å². The Kier molecular flexibility index (Phi) is 4.15. The number of benzene rings is 1. The second kappa shape index (κ2) is 5.73. The van der Waals surface area contributed by atoms with Gasteiger partial charge in [0.15, 0.2) is 0 Å². The summed E-state index contributed by atoms with van der Waals surface area (Å²) in [5, 5.41) is 1.18. The Bertz CT molecular complexity index is 675. The third-order valence-corrected chi connectivity index (χ3v) is 6.09. The van der Waals surface area contributed by atoms with Gasteiger partial charge in [0.25, 0.3) is 0 Å². The molecule has 1 fully saturated rings. The third kappa shape index (κ3) is 3.10. The quantitative estimate of drug-likeness (QED) is 0.790. The summed E-state index contributed by atoms with van der Waals surface area (Å²) in [6, 6.07) is 8.43. The molecule has 0 radical (unpaired) electrons. The minimum Gasteiger partial charge on any atom is -0.399 e. The molecule has 1 aliphatic heterocycles. The largest absolute Gasteiger partial charge is 0.494 e. The first-order valence-electron chi connectivity index (χ1n) is 8.11. The van der Waals surface area contributed by atoms with Crippen molar-refractivity contribution in [2.75, 3.05) is 0 Å². The summed E-state index contributed by atoms with van der Waals surface area (Å²) < 4.78 is 12.2. The zero-order chi connectivity index (χ0) is 16.8. The summed E-state index contributed by atoms with van der Waals surface area (Å²) in [6.45, 7) is 12.6. The zero-order valence-electron chi connectivity index (χ0n) is 14.7. The molecule has 1 aliphatic rings. The van der Waals surface area contributed by atoms with Crippen molar-refractivity contribution in [1.82, 2.24) is 4.98 Å². The van der Waals surface area contributed by atoms with Crippen molar-refractivity contribution >= 4 is 23.9 Å². The zero-order valence-corrected chi connectivity index (χ0v) is 15.5. The van der Waals surface area contributed by atoms with Gasteiger partial charge in [0.1, 0.15) is 0 Å². The maximum Gasteiger partial charge on any atom is 0.494 e. The fourth-order valence-electron chi connectivity index (χ4n) is 2.47. The van der Waals surface area contributed by atoms with Crippen LogP contribution in [0, 0.1) is 0 Å². The van der Waals surface area contributed by atoms with E-state index in [9.17, 15) is 0 Å².